The molecule has 3 rings (SSSR count). The van der Waals surface area contributed by atoms with Crippen LogP contribution in [0.4, 0.5) is 0 Å². The summed E-state index contributed by atoms with van der Waals surface area (Å²) in [6, 6.07) is 1.73. The summed E-state index contributed by atoms with van der Waals surface area (Å²) in [7, 11) is 0. The molecule has 0 aromatic heterocycles. The van der Waals surface area contributed by atoms with E-state index in [1.54, 1.807) is 13.0 Å². The van der Waals surface area contributed by atoms with E-state index in [0.717, 1.165) is 18.4 Å². The Kier molecular flexibility index (Phi) is 4.31. The van der Waals surface area contributed by atoms with Crippen LogP contribution in [0.5, 0.6) is 11.5 Å². The number of phenols is 1. The van der Waals surface area contributed by atoms with E-state index in [1.807, 2.05) is 13.8 Å². The molecule has 1 fully saturated rings. The Balaban J connectivity index is 2.21. The van der Waals surface area contributed by atoms with Gasteiger partial charge in [0, 0.05) is 11.5 Å². The van der Waals surface area contributed by atoms with E-state index in [2.05, 4.69) is 6.58 Å². The van der Waals surface area contributed by atoms with Crippen LogP contribution in [0.1, 0.15) is 67.4 Å². The van der Waals surface area contributed by atoms with Crippen LogP contribution < -0.4 is 4.74 Å². The zero-order valence-corrected chi connectivity index (χ0v) is 15.0. The van der Waals surface area contributed by atoms with Gasteiger partial charge >= 0.3 is 5.97 Å². The molecule has 3 N–H and O–H groups in total. The Morgan fingerprint density at radius 3 is 2.72 bits per heavy atom. The van der Waals surface area contributed by atoms with E-state index in [-0.39, 0.29) is 23.1 Å². The van der Waals surface area contributed by atoms with Gasteiger partial charge in [-0.05, 0) is 50.7 Å². The summed E-state index contributed by atoms with van der Waals surface area (Å²) in [5.41, 5.74) is 0.953. The highest BCUT2D eigenvalue weighted by Gasteiger charge is 2.54. The number of hydrogen-bond acceptors (Lipinski definition) is 4. The molecular weight excluding hydrogens is 320 g/mol. The molecule has 5 heteroatoms. The van der Waals surface area contributed by atoms with Crippen molar-refractivity contribution in [2.45, 2.75) is 64.1 Å². The highest BCUT2D eigenvalue weighted by Crippen LogP contribution is 2.57. The second-order valence-electron chi connectivity index (χ2n) is 7.64. The van der Waals surface area contributed by atoms with Crippen LogP contribution in [0, 0.1) is 5.92 Å². The van der Waals surface area contributed by atoms with E-state index >= 15 is 0 Å². The molecule has 1 saturated carbocycles. The lowest BCUT2D eigenvalue weighted by molar-refractivity contribution is -0.0824. The number of benzene rings is 1. The van der Waals surface area contributed by atoms with Crippen molar-refractivity contribution in [2.75, 3.05) is 0 Å². The van der Waals surface area contributed by atoms with Gasteiger partial charge in [0.05, 0.1) is 5.60 Å². The SMILES string of the molecule is C=C(C)[C@@H]1CC[C@](C)(O)C2Oc3cc(CCC)c(C(=O)O)c(O)c3C21. The van der Waals surface area contributed by atoms with Crippen molar-refractivity contribution in [3.05, 3.63) is 34.9 Å². The molecule has 0 amide bonds. The highest BCUT2D eigenvalue weighted by atomic mass is 16.5. The third kappa shape index (κ3) is 2.71. The van der Waals surface area contributed by atoms with Gasteiger partial charge in [0.15, 0.2) is 0 Å². The predicted octanol–water partition coefficient (Wildman–Crippen LogP) is 3.62. The standard InChI is InChI=1S/C20H26O5/c1-5-6-11-9-13-16(17(21)14(11)19(22)23)15-12(10(2)3)7-8-20(4,24)18(15)25-13/h9,12,15,18,21,24H,2,5-8H2,1,3-4H3,(H,22,23)/t12-,15?,18?,20-/m0/s1. The maximum atomic E-state index is 11.8. The number of ether oxygens (including phenoxy) is 1. The molecule has 136 valence electrons. The molecule has 1 aliphatic carbocycles. The number of carbonyl (C=O) groups is 1. The first-order chi connectivity index (χ1) is 11.7. The first-order valence-corrected chi connectivity index (χ1v) is 8.85. The summed E-state index contributed by atoms with van der Waals surface area (Å²) < 4.78 is 6.07. The van der Waals surface area contributed by atoms with E-state index in [1.165, 1.54) is 0 Å². The van der Waals surface area contributed by atoms with Gasteiger partial charge in [-0.3, -0.25) is 0 Å². The van der Waals surface area contributed by atoms with E-state index < -0.39 is 17.7 Å². The fraction of sp³-hybridized carbons (Fsp3) is 0.550. The van der Waals surface area contributed by atoms with E-state index in [0.29, 0.717) is 29.7 Å². The first kappa shape index (κ1) is 17.8. The number of aromatic hydroxyl groups is 1. The maximum Gasteiger partial charge on any atom is 0.339 e. The van der Waals surface area contributed by atoms with Gasteiger partial charge in [0.2, 0.25) is 0 Å². The molecule has 1 aliphatic heterocycles. The minimum atomic E-state index is -1.14. The van der Waals surface area contributed by atoms with Crippen LogP contribution in [-0.2, 0) is 6.42 Å². The smallest absolute Gasteiger partial charge is 0.339 e. The Morgan fingerprint density at radius 2 is 2.16 bits per heavy atom. The molecule has 2 unspecified atom stereocenters. The molecule has 1 aromatic carbocycles. The number of rotatable bonds is 4. The monoisotopic (exact) mass is 346 g/mol. The van der Waals surface area contributed by atoms with Crippen molar-refractivity contribution < 1.29 is 24.9 Å². The molecule has 4 atom stereocenters. The number of carboxylic acid groups (broad SMARTS) is 1. The van der Waals surface area contributed by atoms with E-state index in [9.17, 15) is 20.1 Å². The van der Waals surface area contributed by atoms with Crippen molar-refractivity contribution >= 4 is 5.97 Å². The molecule has 2 aliphatic rings. The van der Waals surface area contributed by atoms with Gasteiger partial charge in [-0.1, -0.05) is 25.5 Å². The molecule has 0 saturated heterocycles. The van der Waals surface area contributed by atoms with Crippen molar-refractivity contribution in [3.8, 4) is 11.5 Å². The number of carboxylic acids is 1. The van der Waals surface area contributed by atoms with Crippen LogP contribution in [0.15, 0.2) is 18.2 Å². The topological polar surface area (TPSA) is 87.0 Å². The van der Waals surface area contributed by atoms with Gasteiger partial charge in [0.1, 0.15) is 23.2 Å². The van der Waals surface area contributed by atoms with Crippen LogP contribution in [0.25, 0.3) is 0 Å². The van der Waals surface area contributed by atoms with Gasteiger partial charge in [-0.2, -0.15) is 0 Å². The molecule has 1 aromatic rings. The minimum Gasteiger partial charge on any atom is -0.507 e. The lowest BCUT2D eigenvalue weighted by atomic mass is 9.66. The van der Waals surface area contributed by atoms with E-state index in [4.69, 9.17) is 4.74 Å². The fourth-order valence-corrected chi connectivity index (χ4v) is 4.45. The molecule has 1 heterocycles. The molecule has 0 bridgehead atoms. The van der Waals surface area contributed by atoms with Crippen LogP contribution in [0.3, 0.4) is 0 Å². The molecule has 25 heavy (non-hydrogen) atoms. The summed E-state index contributed by atoms with van der Waals surface area (Å²) in [4.78, 5) is 11.8. The molecule has 5 nitrogen and oxygen atoms in total. The number of fused-ring (bicyclic) bond motifs is 3. The Labute approximate surface area is 147 Å². The average molecular weight is 346 g/mol. The summed E-state index contributed by atoms with van der Waals surface area (Å²) >= 11 is 0. The Morgan fingerprint density at radius 1 is 1.48 bits per heavy atom. The summed E-state index contributed by atoms with van der Waals surface area (Å²) in [5.74, 6) is -1.11. The lowest BCUT2D eigenvalue weighted by Crippen LogP contribution is -2.50. The number of aliphatic hydroxyl groups is 1. The number of aryl methyl sites for hydroxylation is 1. The summed E-state index contributed by atoms with van der Waals surface area (Å²) in [6.45, 7) is 9.69. The summed E-state index contributed by atoms with van der Waals surface area (Å²) in [6.07, 6.45) is 2.10. The molecule has 0 radical (unpaired) electrons. The Hall–Kier alpha value is -2.01. The van der Waals surface area contributed by atoms with Crippen LogP contribution in [-0.4, -0.2) is 33.0 Å². The van der Waals surface area contributed by atoms with Crippen molar-refractivity contribution in [1.29, 1.82) is 0 Å². The van der Waals surface area contributed by atoms with Gasteiger partial charge < -0.3 is 20.1 Å². The van der Waals surface area contributed by atoms with Gasteiger partial charge in [0.25, 0.3) is 0 Å². The second-order valence-corrected chi connectivity index (χ2v) is 7.64. The normalized spacial score (nSPS) is 30.3. The number of aromatic carboxylic acids is 1. The average Bonchev–Trinajstić information content (AvgIpc) is 2.88. The van der Waals surface area contributed by atoms with Gasteiger partial charge in [-0.15, -0.1) is 0 Å². The molecular formula is C20H26O5. The quantitative estimate of drug-likeness (QED) is 0.725. The minimum absolute atomic E-state index is 0.0380. The maximum absolute atomic E-state index is 11.8. The van der Waals surface area contributed by atoms with Crippen LogP contribution >= 0.6 is 0 Å². The number of hydrogen-bond donors (Lipinski definition) is 3. The van der Waals surface area contributed by atoms with Crippen molar-refractivity contribution in [3.63, 3.8) is 0 Å². The molecule has 0 spiro atoms. The Bertz CT molecular complexity index is 734. The fourth-order valence-electron chi connectivity index (χ4n) is 4.45. The van der Waals surface area contributed by atoms with Gasteiger partial charge in [-0.25, -0.2) is 4.79 Å². The zero-order valence-electron chi connectivity index (χ0n) is 15.0. The van der Waals surface area contributed by atoms with Crippen LogP contribution in [0.2, 0.25) is 0 Å². The van der Waals surface area contributed by atoms with Crippen molar-refractivity contribution in [1.82, 2.24) is 0 Å². The third-order valence-corrected chi connectivity index (χ3v) is 5.67. The lowest BCUT2D eigenvalue weighted by Gasteiger charge is -2.42. The predicted molar refractivity (Wildman–Crippen MR) is 94.4 cm³/mol. The second kappa shape index (κ2) is 6.06. The highest BCUT2D eigenvalue weighted by molar-refractivity contribution is 5.94. The third-order valence-electron chi connectivity index (χ3n) is 5.67. The largest absolute Gasteiger partial charge is 0.507 e. The number of allylic oxidation sites excluding steroid dienone is 1. The zero-order chi connectivity index (χ0) is 18.5. The van der Waals surface area contributed by atoms with Crippen molar-refractivity contribution in [2.24, 2.45) is 5.92 Å². The first-order valence-electron chi connectivity index (χ1n) is 8.85. The summed E-state index contributed by atoms with van der Waals surface area (Å²) in [5, 5.41) is 31.2.